The van der Waals surface area contributed by atoms with Gasteiger partial charge in [0.1, 0.15) is 0 Å². The maximum atomic E-state index is 5.20. The first-order chi connectivity index (χ1) is 8.61. The molecule has 0 unspecified atom stereocenters. The number of rotatable bonds is 4. The molecule has 2 rings (SSSR count). The van der Waals surface area contributed by atoms with E-state index >= 15 is 0 Å². The molecule has 4 nitrogen and oxygen atoms in total. The minimum atomic E-state index is 0.609. The van der Waals surface area contributed by atoms with Gasteiger partial charge in [-0.3, -0.25) is 0 Å². The molecule has 0 amide bonds. The van der Waals surface area contributed by atoms with Gasteiger partial charge in [-0.25, -0.2) is 0 Å². The van der Waals surface area contributed by atoms with Crippen molar-refractivity contribution in [1.29, 1.82) is 0 Å². The smallest absolute Gasteiger partial charge is 0.240 e. The highest BCUT2D eigenvalue weighted by Crippen LogP contribution is 2.26. The van der Waals surface area contributed by atoms with Crippen LogP contribution < -0.4 is 5.32 Å². The second kappa shape index (κ2) is 5.63. The van der Waals surface area contributed by atoms with E-state index in [1.165, 1.54) is 11.1 Å². The number of aryl methyl sites for hydroxylation is 2. The van der Waals surface area contributed by atoms with Gasteiger partial charge in [0.15, 0.2) is 0 Å². The summed E-state index contributed by atoms with van der Waals surface area (Å²) < 4.78 is 6.32. The molecule has 0 radical (unpaired) electrons. The highest BCUT2D eigenvalue weighted by molar-refractivity contribution is 9.10. The van der Waals surface area contributed by atoms with Gasteiger partial charge < -0.3 is 9.84 Å². The molecule has 1 aromatic heterocycles. The zero-order chi connectivity index (χ0) is 13.1. The van der Waals surface area contributed by atoms with Crippen LogP contribution in [0, 0.1) is 13.8 Å². The Hall–Kier alpha value is -1.20. The molecule has 0 fully saturated rings. The first-order valence-corrected chi connectivity index (χ1v) is 6.71. The van der Waals surface area contributed by atoms with Gasteiger partial charge in [-0.1, -0.05) is 28.0 Å². The first kappa shape index (κ1) is 13.2. The lowest BCUT2D eigenvalue weighted by molar-refractivity contribution is 0.369. The maximum absolute atomic E-state index is 5.20. The Bertz CT molecular complexity index is 528. The van der Waals surface area contributed by atoms with Crippen LogP contribution in [0.15, 0.2) is 21.1 Å². The van der Waals surface area contributed by atoms with Crippen molar-refractivity contribution in [3.8, 4) is 11.4 Å². The molecule has 0 aliphatic carbocycles. The van der Waals surface area contributed by atoms with E-state index in [-0.39, 0.29) is 0 Å². The highest BCUT2D eigenvalue weighted by Gasteiger charge is 2.10. The summed E-state index contributed by atoms with van der Waals surface area (Å²) in [5.41, 5.74) is 3.32. The molecule has 0 aliphatic heterocycles. The zero-order valence-corrected chi connectivity index (χ0v) is 12.3. The quantitative estimate of drug-likeness (QED) is 0.942. The van der Waals surface area contributed by atoms with Crippen LogP contribution in [0.4, 0.5) is 0 Å². The predicted molar refractivity (Wildman–Crippen MR) is 74.3 cm³/mol. The Morgan fingerprint density at radius 2 is 1.94 bits per heavy atom. The number of nitrogens with zero attached hydrogens (tertiary/aromatic N) is 2. The lowest BCUT2D eigenvalue weighted by Crippen LogP contribution is -2.11. The summed E-state index contributed by atoms with van der Waals surface area (Å²) in [6.45, 7) is 7.64. The van der Waals surface area contributed by atoms with E-state index in [2.05, 4.69) is 57.4 Å². The van der Waals surface area contributed by atoms with Crippen molar-refractivity contribution in [2.24, 2.45) is 0 Å². The number of halogens is 1. The van der Waals surface area contributed by atoms with Crippen molar-refractivity contribution < 1.29 is 4.52 Å². The van der Waals surface area contributed by atoms with Gasteiger partial charge in [-0.05, 0) is 43.7 Å². The van der Waals surface area contributed by atoms with Crippen molar-refractivity contribution in [2.75, 3.05) is 6.54 Å². The third kappa shape index (κ3) is 2.79. The molecule has 0 bridgehead atoms. The minimum absolute atomic E-state index is 0.609. The van der Waals surface area contributed by atoms with Crippen LogP contribution in [0.25, 0.3) is 11.4 Å². The molecule has 0 atom stereocenters. The van der Waals surface area contributed by atoms with Crippen molar-refractivity contribution in [2.45, 2.75) is 27.3 Å². The Kier molecular flexibility index (Phi) is 4.14. The van der Waals surface area contributed by atoms with E-state index in [9.17, 15) is 0 Å². The fourth-order valence-corrected chi connectivity index (χ4v) is 1.98. The fourth-order valence-electron chi connectivity index (χ4n) is 1.75. The number of hydrogen-bond donors (Lipinski definition) is 1. The summed E-state index contributed by atoms with van der Waals surface area (Å²) in [5.74, 6) is 1.26. The Balaban J connectivity index is 2.28. The third-order valence-corrected chi connectivity index (χ3v) is 3.94. The Morgan fingerprint density at radius 3 is 2.56 bits per heavy atom. The van der Waals surface area contributed by atoms with E-state index in [0.717, 1.165) is 16.6 Å². The average Bonchev–Trinajstić information content (AvgIpc) is 2.81. The average molecular weight is 310 g/mol. The van der Waals surface area contributed by atoms with Crippen molar-refractivity contribution in [3.05, 3.63) is 33.6 Å². The lowest BCUT2D eigenvalue weighted by atomic mass is 10.1. The van der Waals surface area contributed by atoms with E-state index in [0.29, 0.717) is 18.3 Å². The molecule has 2 aromatic rings. The van der Waals surface area contributed by atoms with E-state index in [1.807, 2.05) is 6.92 Å². The third-order valence-electron chi connectivity index (χ3n) is 2.69. The first-order valence-electron chi connectivity index (χ1n) is 5.92. The van der Waals surface area contributed by atoms with E-state index in [1.54, 1.807) is 0 Å². The molecule has 0 aliphatic rings. The van der Waals surface area contributed by atoms with E-state index < -0.39 is 0 Å². The summed E-state index contributed by atoms with van der Waals surface area (Å²) in [6.07, 6.45) is 0. The summed E-state index contributed by atoms with van der Waals surface area (Å²) in [7, 11) is 0. The molecule has 1 N–H and O–H groups in total. The van der Waals surface area contributed by atoms with Crippen molar-refractivity contribution in [3.63, 3.8) is 0 Å². The summed E-state index contributed by atoms with van der Waals surface area (Å²) in [6, 6.07) is 4.11. The zero-order valence-electron chi connectivity index (χ0n) is 10.7. The largest absolute Gasteiger partial charge is 0.338 e. The van der Waals surface area contributed by atoms with Gasteiger partial charge in [0.25, 0.3) is 0 Å². The molecule has 1 heterocycles. The molecular formula is C13H16BrN3O. The van der Waals surface area contributed by atoms with Gasteiger partial charge in [-0.15, -0.1) is 0 Å². The van der Waals surface area contributed by atoms with E-state index in [4.69, 9.17) is 4.52 Å². The predicted octanol–water partition coefficient (Wildman–Crippen LogP) is 3.23. The number of nitrogens with one attached hydrogen (secondary N) is 1. The summed E-state index contributed by atoms with van der Waals surface area (Å²) in [4.78, 5) is 4.37. The monoisotopic (exact) mass is 309 g/mol. The van der Waals surface area contributed by atoms with Crippen LogP contribution in [0.5, 0.6) is 0 Å². The Labute approximate surface area is 115 Å². The molecule has 5 heteroatoms. The van der Waals surface area contributed by atoms with Crippen LogP contribution in [-0.2, 0) is 6.54 Å². The highest BCUT2D eigenvalue weighted by atomic mass is 79.9. The van der Waals surface area contributed by atoms with Crippen LogP contribution >= 0.6 is 15.9 Å². The maximum Gasteiger partial charge on any atom is 0.240 e. The summed E-state index contributed by atoms with van der Waals surface area (Å²) >= 11 is 3.55. The molecule has 0 saturated heterocycles. The molecule has 96 valence electrons. The second-order valence-electron chi connectivity index (χ2n) is 4.22. The van der Waals surface area contributed by atoms with Crippen LogP contribution in [0.2, 0.25) is 0 Å². The van der Waals surface area contributed by atoms with Crippen molar-refractivity contribution in [1.82, 2.24) is 15.5 Å². The van der Waals surface area contributed by atoms with Crippen LogP contribution in [0.3, 0.4) is 0 Å². The molecule has 0 saturated carbocycles. The standard InChI is InChI=1S/C13H16BrN3O/c1-4-15-7-11-16-13(17-18-11)10-5-8(2)12(14)9(3)6-10/h5-6,15H,4,7H2,1-3H3. The Morgan fingerprint density at radius 1 is 1.28 bits per heavy atom. The van der Waals surface area contributed by atoms with Crippen LogP contribution in [-0.4, -0.2) is 16.7 Å². The normalized spacial score (nSPS) is 10.9. The van der Waals surface area contributed by atoms with Crippen molar-refractivity contribution >= 4 is 15.9 Å². The van der Waals surface area contributed by atoms with Gasteiger partial charge in [0.05, 0.1) is 6.54 Å². The van der Waals surface area contributed by atoms with Crippen LogP contribution in [0.1, 0.15) is 23.9 Å². The number of aromatic nitrogens is 2. The summed E-state index contributed by atoms with van der Waals surface area (Å²) in [5, 5.41) is 7.17. The number of benzene rings is 1. The SMILES string of the molecule is CCNCc1nc(-c2cc(C)c(Br)c(C)c2)no1. The molecule has 1 aromatic carbocycles. The molecule has 0 spiro atoms. The molecule has 18 heavy (non-hydrogen) atoms. The second-order valence-corrected chi connectivity index (χ2v) is 5.01. The van der Waals surface area contributed by atoms with Gasteiger partial charge in [-0.2, -0.15) is 4.98 Å². The minimum Gasteiger partial charge on any atom is -0.338 e. The molecular weight excluding hydrogens is 294 g/mol. The van der Waals surface area contributed by atoms with Gasteiger partial charge in [0, 0.05) is 10.0 Å². The van der Waals surface area contributed by atoms with Gasteiger partial charge in [0.2, 0.25) is 11.7 Å². The fraction of sp³-hybridized carbons (Fsp3) is 0.385. The lowest BCUT2D eigenvalue weighted by Gasteiger charge is -2.04. The van der Waals surface area contributed by atoms with Gasteiger partial charge >= 0.3 is 0 Å². The topological polar surface area (TPSA) is 51.0 Å². The number of hydrogen-bond acceptors (Lipinski definition) is 4.